The smallest absolute Gasteiger partial charge is 0.0991 e. The van der Waals surface area contributed by atoms with Crippen molar-refractivity contribution in [1.82, 2.24) is 9.88 Å². The highest BCUT2D eigenvalue weighted by Gasteiger charge is 2.47. The van der Waals surface area contributed by atoms with Crippen LogP contribution in [0.3, 0.4) is 0 Å². The standard InChI is InChI=1S/C21H21ClN2S/c1-24-15-10-11-18(24)20(16(12-15)13-6-8-14(22)9-7-13)21-23-17-4-2-3-5-19(17)25-21/h2-9,15-16,18,20H,10-12H2,1H3/t15-,16+,18+,20+/m0/s1. The first-order valence-corrected chi connectivity index (χ1v) is 10.2. The zero-order valence-corrected chi connectivity index (χ0v) is 15.8. The van der Waals surface area contributed by atoms with Gasteiger partial charge in [-0.15, -0.1) is 11.3 Å². The predicted octanol–water partition coefficient (Wildman–Crippen LogP) is 5.68. The summed E-state index contributed by atoms with van der Waals surface area (Å²) in [4.78, 5) is 7.66. The van der Waals surface area contributed by atoms with Gasteiger partial charge >= 0.3 is 0 Å². The van der Waals surface area contributed by atoms with E-state index >= 15 is 0 Å². The molecule has 3 aromatic rings. The Morgan fingerprint density at radius 1 is 1.08 bits per heavy atom. The van der Waals surface area contributed by atoms with Crippen molar-refractivity contribution in [1.29, 1.82) is 0 Å². The largest absolute Gasteiger partial charge is 0.300 e. The van der Waals surface area contributed by atoms with Crippen LogP contribution in [0.15, 0.2) is 48.5 Å². The second kappa shape index (κ2) is 6.08. The van der Waals surface area contributed by atoms with Gasteiger partial charge in [-0.25, -0.2) is 4.98 Å². The number of fused-ring (bicyclic) bond motifs is 3. The SMILES string of the molecule is CN1[C@H]2CC[C@@H]1[C@H](c1nc3ccccc3s1)[C@@H](c1ccc(Cl)cc1)C2. The normalized spacial score (nSPS) is 29.4. The quantitative estimate of drug-likeness (QED) is 0.578. The second-order valence-corrected chi connectivity index (χ2v) is 8.90. The van der Waals surface area contributed by atoms with Crippen molar-refractivity contribution in [2.75, 3.05) is 7.05 Å². The number of hydrogen-bond acceptors (Lipinski definition) is 3. The summed E-state index contributed by atoms with van der Waals surface area (Å²) in [7, 11) is 2.31. The highest BCUT2D eigenvalue weighted by Crippen LogP contribution is 2.52. The van der Waals surface area contributed by atoms with Gasteiger partial charge < -0.3 is 0 Å². The van der Waals surface area contributed by atoms with E-state index in [4.69, 9.17) is 16.6 Å². The van der Waals surface area contributed by atoms with Crippen LogP contribution in [-0.2, 0) is 0 Å². The first-order chi connectivity index (χ1) is 12.2. The number of halogens is 1. The van der Waals surface area contributed by atoms with Gasteiger partial charge in [0.05, 0.1) is 15.2 Å². The zero-order chi connectivity index (χ0) is 17.0. The van der Waals surface area contributed by atoms with Crippen LogP contribution in [0, 0.1) is 0 Å². The van der Waals surface area contributed by atoms with Crippen molar-refractivity contribution in [3.8, 4) is 0 Å². The third-order valence-electron chi connectivity index (χ3n) is 6.16. The van der Waals surface area contributed by atoms with Gasteiger partial charge in [-0.05, 0) is 62.1 Å². The number of aromatic nitrogens is 1. The summed E-state index contributed by atoms with van der Waals surface area (Å²) in [6, 6.07) is 18.3. The van der Waals surface area contributed by atoms with Gasteiger partial charge in [0.15, 0.2) is 0 Å². The molecule has 2 saturated heterocycles. The fourth-order valence-electron chi connectivity index (χ4n) is 4.89. The molecular formula is C21H21ClN2S. The van der Waals surface area contributed by atoms with Crippen molar-refractivity contribution in [3.05, 3.63) is 64.1 Å². The maximum Gasteiger partial charge on any atom is 0.0991 e. The third-order valence-corrected chi connectivity index (χ3v) is 7.55. The summed E-state index contributed by atoms with van der Waals surface area (Å²) in [5.41, 5.74) is 2.55. The maximum atomic E-state index is 6.13. The third kappa shape index (κ3) is 2.61. The van der Waals surface area contributed by atoms with Gasteiger partial charge in [0.25, 0.3) is 0 Å². The Balaban J connectivity index is 1.62. The molecule has 2 aromatic carbocycles. The lowest BCUT2D eigenvalue weighted by molar-refractivity contribution is 0.137. The highest BCUT2D eigenvalue weighted by atomic mass is 35.5. The van der Waals surface area contributed by atoms with Crippen molar-refractivity contribution in [2.45, 2.75) is 43.2 Å². The summed E-state index contributed by atoms with van der Waals surface area (Å²) < 4.78 is 1.30. The molecule has 0 spiro atoms. The van der Waals surface area contributed by atoms with Crippen LogP contribution in [0.1, 0.15) is 41.7 Å². The molecule has 0 unspecified atom stereocenters. The predicted molar refractivity (Wildman–Crippen MR) is 106 cm³/mol. The Labute approximate surface area is 157 Å². The lowest BCUT2D eigenvalue weighted by Gasteiger charge is -2.42. The van der Waals surface area contributed by atoms with Gasteiger partial charge in [0, 0.05) is 23.0 Å². The lowest BCUT2D eigenvalue weighted by Crippen LogP contribution is -2.44. The molecule has 128 valence electrons. The van der Waals surface area contributed by atoms with Crippen molar-refractivity contribution >= 4 is 33.2 Å². The van der Waals surface area contributed by atoms with E-state index in [0.717, 1.165) is 10.5 Å². The van der Waals surface area contributed by atoms with Crippen LogP contribution >= 0.6 is 22.9 Å². The average Bonchev–Trinajstić information content (AvgIpc) is 3.14. The summed E-state index contributed by atoms with van der Waals surface area (Å²) in [5.74, 6) is 1.01. The van der Waals surface area contributed by atoms with Crippen LogP contribution < -0.4 is 0 Å². The van der Waals surface area contributed by atoms with E-state index in [2.05, 4.69) is 48.3 Å². The molecule has 4 atom stereocenters. The van der Waals surface area contributed by atoms with Crippen LogP contribution in [0.4, 0.5) is 0 Å². The van der Waals surface area contributed by atoms with Gasteiger partial charge in [0.2, 0.25) is 0 Å². The fraction of sp³-hybridized carbons (Fsp3) is 0.381. The molecule has 2 aliphatic rings. The van der Waals surface area contributed by atoms with Crippen LogP contribution in [0.2, 0.25) is 5.02 Å². The number of rotatable bonds is 2. The Morgan fingerprint density at radius 2 is 1.88 bits per heavy atom. The minimum absolute atomic E-state index is 0.474. The number of benzene rings is 2. The van der Waals surface area contributed by atoms with Gasteiger partial charge in [0.1, 0.15) is 0 Å². The van der Waals surface area contributed by atoms with Crippen molar-refractivity contribution < 1.29 is 0 Å². The molecule has 2 bridgehead atoms. The van der Waals surface area contributed by atoms with Crippen molar-refractivity contribution in [2.24, 2.45) is 0 Å². The monoisotopic (exact) mass is 368 g/mol. The number of piperidine rings is 1. The zero-order valence-electron chi connectivity index (χ0n) is 14.2. The van der Waals surface area contributed by atoms with Gasteiger partial charge in [-0.2, -0.15) is 0 Å². The fourth-order valence-corrected chi connectivity index (χ4v) is 6.21. The van der Waals surface area contributed by atoms with Crippen molar-refractivity contribution in [3.63, 3.8) is 0 Å². The molecule has 2 fully saturated rings. The second-order valence-electron chi connectivity index (χ2n) is 7.40. The maximum absolute atomic E-state index is 6.13. The Hall–Kier alpha value is -1.42. The minimum Gasteiger partial charge on any atom is -0.300 e. The minimum atomic E-state index is 0.474. The van der Waals surface area contributed by atoms with E-state index in [9.17, 15) is 0 Å². The summed E-state index contributed by atoms with van der Waals surface area (Å²) >= 11 is 8.01. The molecule has 3 heterocycles. The van der Waals surface area contributed by atoms with Crippen LogP contribution in [0.25, 0.3) is 10.2 Å². The van der Waals surface area contributed by atoms with E-state index in [1.54, 1.807) is 0 Å². The van der Waals surface area contributed by atoms with Gasteiger partial charge in [-0.3, -0.25) is 4.90 Å². The Bertz CT molecular complexity index is 871. The number of para-hydroxylation sites is 1. The molecular weight excluding hydrogens is 348 g/mol. The molecule has 4 heteroatoms. The highest BCUT2D eigenvalue weighted by molar-refractivity contribution is 7.18. The average molecular weight is 369 g/mol. The van der Waals surface area contributed by atoms with E-state index in [-0.39, 0.29) is 0 Å². The van der Waals surface area contributed by atoms with E-state index in [1.807, 2.05) is 23.5 Å². The molecule has 0 amide bonds. The molecule has 2 aliphatic heterocycles. The molecule has 0 N–H and O–H groups in total. The molecule has 0 saturated carbocycles. The summed E-state index contributed by atoms with van der Waals surface area (Å²) in [6.07, 6.45) is 3.81. The van der Waals surface area contributed by atoms with E-state index in [1.165, 1.54) is 34.5 Å². The first kappa shape index (κ1) is 15.8. The number of thiazole rings is 1. The molecule has 5 rings (SSSR count). The number of nitrogens with zero attached hydrogens (tertiary/aromatic N) is 2. The van der Waals surface area contributed by atoms with Crippen LogP contribution in [-0.4, -0.2) is 29.0 Å². The molecule has 25 heavy (non-hydrogen) atoms. The van der Waals surface area contributed by atoms with E-state index < -0.39 is 0 Å². The van der Waals surface area contributed by atoms with Gasteiger partial charge in [-0.1, -0.05) is 35.9 Å². The molecule has 2 nitrogen and oxygen atoms in total. The lowest BCUT2D eigenvalue weighted by atomic mass is 9.76. The Kier molecular flexibility index (Phi) is 3.85. The first-order valence-electron chi connectivity index (χ1n) is 9.03. The molecule has 0 aliphatic carbocycles. The number of hydrogen-bond donors (Lipinski definition) is 0. The topological polar surface area (TPSA) is 16.1 Å². The number of likely N-dealkylation sites (N-methyl/N-ethyl adjacent to an activating group) is 1. The Morgan fingerprint density at radius 3 is 2.68 bits per heavy atom. The molecule has 0 radical (unpaired) electrons. The molecule has 1 aromatic heterocycles. The van der Waals surface area contributed by atoms with Crippen LogP contribution in [0.5, 0.6) is 0 Å². The summed E-state index contributed by atoms with van der Waals surface area (Å²) in [6.45, 7) is 0. The summed E-state index contributed by atoms with van der Waals surface area (Å²) in [5, 5.41) is 2.12. The van der Waals surface area contributed by atoms with E-state index in [0.29, 0.717) is 23.9 Å².